The van der Waals surface area contributed by atoms with Crippen molar-refractivity contribution in [1.29, 1.82) is 0 Å². The molecule has 0 spiro atoms. The quantitative estimate of drug-likeness (QED) is 0.786. The van der Waals surface area contributed by atoms with Crippen molar-refractivity contribution in [3.8, 4) is 0 Å². The molecule has 2 rings (SSSR count). The van der Waals surface area contributed by atoms with Crippen LogP contribution in [0.3, 0.4) is 0 Å². The Hall–Kier alpha value is -1.14. The van der Waals surface area contributed by atoms with Crippen molar-refractivity contribution in [2.75, 3.05) is 5.32 Å². The van der Waals surface area contributed by atoms with Gasteiger partial charge in [-0.3, -0.25) is 9.78 Å². The number of aryl methyl sites for hydroxylation is 2. The lowest BCUT2D eigenvalue weighted by atomic mass is 10.2. The average molecular weight is 387 g/mol. The van der Waals surface area contributed by atoms with Crippen LogP contribution in [-0.4, -0.2) is 10.9 Å². The van der Waals surface area contributed by atoms with E-state index in [-0.39, 0.29) is 5.91 Å². The lowest BCUT2D eigenvalue weighted by Gasteiger charge is -2.09. The SMILES string of the molecule is Cc1ccc(NC(=O)c2cc(Cl)ccc2I)c(C)n1. The molecular weight excluding hydrogens is 375 g/mol. The number of carbonyl (C=O) groups excluding carboxylic acids is 1. The first-order chi connectivity index (χ1) is 8.97. The van der Waals surface area contributed by atoms with Crippen molar-refractivity contribution >= 4 is 45.8 Å². The maximum atomic E-state index is 12.2. The van der Waals surface area contributed by atoms with Crippen molar-refractivity contribution in [1.82, 2.24) is 4.98 Å². The predicted octanol–water partition coefficient (Wildman–Crippen LogP) is 4.21. The Morgan fingerprint density at radius 2 is 2.00 bits per heavy atom. The molecule has 0 saturated carbocycles. The molecule has 2 aromatic rings. The first-order valence-electron chi connectivity index (χ1n) is 5.68. The van der Waals surface area contributed by atoms with Crippen LogP contribution >= 0.6 is 34.2 Å². The summed E-state index contributed by atoms with van der Waals surface area (Å²) in [4.78, 5) is 16.5. The molecule has 0 aliphatic heterocycles. The van der Waals surface area contributed by atoms with Gasteiger partial charge in [-0.2, -0.15) is 0 Å². The molecule has 1 N–H and O–H groups in total. The van der Waals surface area contributed by atoms with Crippen LogP contribution in [0.2, 0.25) is 5.02 Å². The number of pyridine rings is 1. The molecule has 5 heteroatoms. The summed E-state index contributed by atoms with van der Waals surface area (Å²) in [5.41, 5.74) is 3.00. The monoisotopic (exact) mass is 386 g/mol. The van der Waals surface area contributed by atoms with Crippen molar-refractivity contribution in [3.63, 3.8) is 0 Å². The number of carbonyl (C=O) groups is 1. The fraction of sp³-hybridized carbons (Fsp3) is 0.143. The second-order valence-electron chi connectivity index (χ2n) is 4.16. The molecule has 0 fully saturated rings. The van der Waals surface area contributed by atoms with E-state index in [1.165, 1.54) is 0 Å². The number of aromatic nitrogens is 1. The lowest BCUT2D eigenvalue weighted by molar-refractivity contribution is 0.102. The summed E-state index contributed by atoms with van der Waals surface area (Å²) in [5, 5.41) is 3.40. The normalized spacial score (nSPS) is 10.3. The summed E-state index contributed by atoms with van der Waals surface area (Å²) in [6.45, 7) is 3.78. The highest BCUT2D eigenvalue weighted by Crippen LogP contribution is 2.20. The van der Waals surface area contributed by atoms with Crippen LogP contribution in [0, 0.1) is 17.4 Å². The highest BCUT2D eigenvalue weighted by atomic mass is 127. The van der Waals surface area contributed by atoms with Gasteiger partial charge in [-0.15, -0.1) is 0 Å². The van der Waals surface area contributed by atoms with Crippen molar-refractivity contribution < 1.29 is 4.79 Å². The van der Waals surface area contributed by atoms with E-state index >= 15 is 0 Å². The Kier molecular flexibility index (Phi) is 4.42. The topological polar surface area (TPSA) is 42.0 Å². The predicted molar refractivity (Wildman–Crippen MR) is 85.8 cm³/mol. The number of halogens is 2. The molecule has 1 heterocycles. The van der Waals surface area contributed by atoms with Crippen LogP contribution in [0.4, 0.5) is 5.69 Å². The molecule has 3 nitrogen and oxygen atoms in total. The fourth-order valence-corrected chi connectivity index (χ4v) is 2.43. The molecule has 1 aromatic heterocycles. The molecule has 0 unspecified atom stereocenters. The van der Waals surface area contributed by atoms with Crippen LogP contribution < -0.4 is 5.32 Å². The van der Waals surface area contributed by atoms with E-state index in [1.54, 1.807) is 12.1 Å². The van der Waals surface area contributed by atoms with Gasteiger partial charge in [0.25, 0.3) is 5.91 Å². The van der Waals surface area contributed by atoms with E-state index in [0.717, 1.165) is 15.0 Å². The molecule has 0 atom stereocenters. The van der Waals surface area contributed by atoms with Gasteiger partial charge in [0.1, 0.15) is 0 Å². The van der Waals surface area contributed by atoms with Gasteiger partial charge in [-0.25, -0.2) is 0 Å². The van der Waals surface area contributed by atoms with E-state index in [4.69, 9.17) is 11.6 Å². The van der Waals surface area contributed by atoms with Gasteiger partial charge < -0.3 is 5.32 Å². The van der Waals surface area contributed by atoms with Gasteiger partial charge >= 0.3 is 0 Å². The maximum absolute atomic E-state index is 12.2. The minimum atomic E-state index is -0.180. The van der Waals surface area contributed by atoms with Gasteiger partial charge in [-0.05, 0) is 66.8 Å². The number of hydrogen-bond donors (Lipinski definition) is 1. The number of nitrogens with one attached hydrogen (secondary N) is 1. The summed E-state index contributed by atoms with van der Waals surface area (Å²) >= 11 is 8.03. The third kappa shape index (κ3) is 3.45. The van der Waals surface area contributed by atoms with Crippen LogP contribution in [0.15, 0.2) is 30.3 Å². The number of anilines is 1. The van der Waals surface area contributed by atoms with Crippen molar-refractivity contribution in [2.24, 2.45) is 0 Å². The number of hydrogen-bond acceptors (Lipinski definition) is 2. The summed E-state index contributed by atoms with van der Waals surface area (Å²) in [7, 11) is 0. The number of rotatable bonds is 2. The van der Waals surface area contributed by atoms with Crippen molar-refractivity contribution in [2.45, 2.75) is 13.8 Å². The number of benzene rings is 1. The minimum Gasteiger partial charge on any atom is -0.320 e. The third-order valence-corrected chi connectivity index (χ3v) is 3.82. The summed E-state index contributed by atoms with van der Waals surface area (Å²) in [6, 6.07) is 8.96. The minimum absolute atomic E-state index is 0.180. The highest BCUT2D eigenvalue weighted by Gasteiger charge is 2.12. The Bertz CT molecular complexity index is 643. The summed E-state index contributed by atoms with van der Waals surface area (Å²) in [6.07, 6.45) is 0. The molecule has 0 saturated heterocycles. The molecule has 0 radical (unpaired) electrons. The number of amides is 1. The van der Waals surface area contributed by atoms with Gasteiger partial charge in [0.05, 0.1) is 16.9 Å². The summed E-state index contributed by atoms with van der Waals surface area (Å²) in [5.74, 6) is -0.180. The Labute approximate surface area is 130 Å². The second-order valence-corrected chi connectivity index (χ2v) is 5.76. The maximum Gasteiger partial charge on any atom is 0.256 e. The van der Waals surface area contributed by atoms with E-state index in [1.807, 2.05) is 32.0 Å². The molecular formula is C14H12ClIN2O. The van der Waals surface area contributed by atoms with E-state index in [9.17, 15) is 4.79 Å². The third-order valence-electron chi connectivity index (χ3n) is 2.65. The Morgan fingerprint density at radius 1 is 1.26 bits per heavy atom. The van der Waals surface area contributed by atoms with Crippen molar-refractivity contribution in [3.05, 3.63) is 55.9 Å². The molecule has 1 amide bonds. The number of nitrogens with zero attached hydrogens (tertiary/aromatic N) is 1. The Morgan fingerprint density at radius 3 is 2.68 bits per heavy atom. The van der Waals surface area contributed by atoms with Gasteiger partial charge in [0.2, 0.25) is 0 Å². The van der Waals surface area contributed by atoms with Gasteiger partial charge in [0, 0.05) is 14.3 Å². The van der Waals surface area contributed by atoms with Gasteiger partial charge in [0.15, 0.2) is 0 Å². The van der Waals surface area contributed by atoms with Crippen LogP contribution in [0.25, 0.3) is 0 Å². The first kappa shape index (κ1) is 14.3. The largest absolute Gasteiger partial charge is 0.320 e. The molecule has 19 heavy (non-hydrogen) atoms. The molecule has 0 aliphatic carbocycles. The van der Waals surface area contributed by atoms with Crippen LogP contribution in [0.1, 0.15) is 21.7 Å². The smallest absolute Gasteiger partial charge is 0.256 e. The molecule has 98 valence electrons. The zero-order valence-corrected chi connectivity index (χ0v) is 13.4. The zero-order chi connectivity index (χ0) is 14.0. The van der Waals surface area contributed by atoms with Crippen LogP contribution in [0.5, 0.6) is 0 Å². The van der Waals surface area contributed by atoms with Gasteiger partial charge in [-0.1, -0.05) is 11.6 Å². The van der Waals surface area contributed by atoms with E-state index in [0.29, 0.717) is 16.3 Å². The molecule has 0 aliphatic rings. The van der Waals surface area contributed by atoms with E-state index < -0.39 is 0 Å². The second kappa shape index (κ2) is 5.88. The standard InChI is InChI=1S/C14H12ClIN2O/c1-8-3-6-13(9(2)17-8)18-14(19)11-7-10(15)4-5-12(11)16/h3-7H,1-2H3,(H,18,19). The molecule has 0 bridgehead atoms. The highest BCUT2D eigenvalue weighted by molar-refractivity contribution is 14.1. The summed E-state index contributed by atoms with van der Waals surface area (Å²) < 4.78 is 0.859. The fourth-order valence-electron chi connectivity index (χ4n) is 1.68. The molecule has 1 aromatic carbocycles. The zero-order valence-electron chi connectivity index (χ0n) is 10.5. The average Bonchev–Trinajstić information content (AvgIpc) is 2.35. The first-order valence-corrected chi connectivity index (χ1v) is 7.13. The Balaban J connectivity index is 2.28. The van der Waals surface area contributed by atoms with Crippen LogP contribution in [-0.2, 0) is 0 Å². The van der Waals surface area contributed by atoms with E-state index in [2.05, 4.69) is 32.9 Å². The lowest BCUT2D eigenvalue weighted by Crippen LogP contribution is -2.14.